The molecule has 0 aliphatic heterocycles. The Hall–Kier alpha value is -0.380. The first kappa shape index (κ1) is 26.6. The predicted molar refractivity (Wildman–Crippen MR) is 117 cm³/mol. The Kier molecular flexibility index (Phi) is 13.5. The topological polar surface area (TPSA) is 27.7 Å². The molecule has 0 amide bonds. The molecule has 0 bridgehead atoms. The Bertz CT molecular complexity index is 393. The fourth-order valence-electron chi connectivity index (χ4n) is 5.27. The average Bonchev–Trinajstić information content (AvgIpc) is 2.56. The van der Waals surface area contributed by atoms with Crippen LogP contribution in [0.25, 0.3) is 0 Å². The second-order valence-corrected chi connectivity index (χ2v) is 9.11. The van der Waals surface area contributed by atoms with Gasteiger partial charge in [-0.3, -0.25) is 0 Å². The zero-order valence-corrected chi connectivity index (χ0v) is 20.0. The smallest absolute Gasteiger partial charge is 0.0656 e. The number of hydrogen-bond acceptors (Lipinski definition) is 3. The molecule has 27 heavy (non-hydrogen) atoms. The Balaban J connectivity index is 4.94. The monoisotopic (exact) mass is 384 g/mol. The van der Waals surface area contributed by atoms with Crippen molar-refractivity contribution in [3.63, 3.8) is 0 Å². The third-order valence-corrected chi connectivity index (χ3v) is 6.22. The highest BCUT2D eigenvalue weighted by Gasteiger charge is 2.31. The van der Waals surface area contributed by atoms with Crippen LogP contribution in [0.5, 0.6) is 0 Å². The van der Waals surface area contributed by atoms with Gasteiger partial charge in [-0.15, -0.1) is 0 Å². The molecule has 0 fully saturated rings. The summed E-state index contributed by atoms with van der Waals surface area (Å²) in [6, 6.07) is 0. The molecule has 0 aromatic heterocycles. The van der Waals surface area contributed by atoms with E-state index < -0.39 is 0 Å². The summed E-state index contributed by atoms with van der Waals surface area (Å²) in [5.74, 6) is 2.95. The minimum absolute atomic E-state index is 0.245. The lowest BCUT2D eigenvalue weighted by atomic mass is 9.78. The molecule has 3 heteroatoms. The van der Waals surface area contributed by atoms with Crippen LogP contribution in [-0.4, -0.2) is 39.6 Å². The predicted octanol–water partition coefficient (Wildman–Crippen LogP) is 6.22. The van der Waals surface area contributed by atoms with Crippen LogP contribution in [0.3, 0.4) is 0 Å². The molecule has 0 aliphatic carbocycles. The van der Waals surface area contributed by atoms with E-state index in [0.29, 0.717) is 41.6 Å². The van der Waals surface area contributed by atoms with Crippen molar-refractivity contribution in [1.82, 2.24) is 0 Å². The van der Waals surface area contributed by atoms with E-state index in [4.69, 9.17) is 14.2 Å². The molecule has 0 aromatic carbocycles. The highest BCUT2D eigenvalue weighted by molar-refractivity contribution is 4.90. The summed E-state index contributed by atoms with van der Waals surface area (Å²) in [6.45, 7) is 18.1. The third-order valence-electron chi connectivity index (χ3n) is 6.22. The van der Waals surface area contributed by atoms with E-state index in [1.54, 1.807) is 0 Å². The maximum Gasteiger partial charge on any atom is 0.0656 e. The van der Waals surface area contributed by atoms with Gasteiger partial charge >= 0.3 is 0 Å². The SMILES string of the molecule is C/C=C/[C@@H](C)[C@H](OC)[C@H](C)C[C@@H](C)[C@H](OC)[C@H](C)C[C@@H](C)[C@H](OC)C(C)C. The van der Waals surface area contributed by atoms with Gasteiger partial charge in [0.1, 0.15) is 0 Å². The molecule has 0 unspecified atom stereocenters. The van der Waals surface area contributed by atoms with Crippen LogP contribution in [0, 0.1) is 35.5 Å². The summed E-state index contributed by atoms with van der Waals surface area (Å²) in [6.07, 6.45) is 7.40. The Morgan fingerprint density at radius 1 is 0.593 bits per heavy atom. The van der Waals surface area contributed by atoms with Gasteiger partial charge in [-0.2, -0.15) is 0 Å². The molecular weight excluding hydrogens is 336 g/mol. The molecule has 0 saturated heterocycles. The first-order valence-electron chi connectivity index (χ1n) is 10.9. The van der Waals surface area contributed by atoms with Gasteiger partial charge in [-0.05, 0) is 49.4 Å². The normalized spacial score (nSPS) is 21.6. The van der Waals surface area contributed by atoms with Crippen LogP contribution in [0.15, 0.2) is 12.2 Å². The minimum atomic E-state index is 0.245. The second kappa shape index (κ2) is 13.7. The molecule has 0 N–H and O–H groups in total. The lowest BCUT2D eigenvalue weighted by Crippen LogP contribution is -2.36. The first-order valence-corrected chi connectivity index (χ1v) is 10.9. The number of rotatable bonds is 14. The fraction of sp³-hybridized carbons (Fsp3) is 0.917. The minimum Gasteiger partial charge on any atom is -0.381 e. The van der Waals surface area contributed by atoms with Crippen LogP contribution in [0.2, 0.25) is 0 Å². The largest absolute Gasteiger partial charge is 0.381 e. The van der Waals surface area contributed by atoms with Crippen molar-refractivity contribution >= 4 is 0 Å². The van der Waals surface area contributed by atoms with Gasteiger partial charge < -0.3 is 14.2 Å². The molecule has 8 atom stereocenters. The lowest BCUT2D eigenvalue weighted by Gasteiger charge is -2.35. The van der Waals surface area contributed by atoms with Crippen LogP contribution < -0.4 is 0 Å². The van der Waals surface area contributed by atoms with Gasteiger partial charge in [0.2, 0.25) is 0 Å². The van der Waals surface area contributed by atoms with Crippen molar-refractivity contribution in [1.29, 1.82) is 0 Å². The standard InChI is InChI=1S/C24H48O3/c1-12-13-17(4)23(26-10)19(6)15-21(8)24(27-11)20(7)14-18(5)22(25-9)16(2)3/h12-13,16-24H,14-15H2,1-11H3/b13-12+/t17-,18-,19-,20-,21-,22-,23+,24-/m1/s1. The molecule has 3 nitrogen and oxygen atoms in total. The Labute approximate surface area is 170 Å². The quantitative estimate of drug-likeness (QED) is 0.333. The number of ether oxygens (including phenoxy) is 3. The summed E-state index contributed by atoms with van der Waals surface area (Å²) < 4.78 is 17.5. The summed E-state index contributed by atoms with van der Waals surface area (Å²) >= 11 is 0. The van der Waals surface area contributed by atoms with Crippen molar-refractivity contribution < 1.29 is 14.2 Å². The molecular formula is C24H48O3. The number of hydrogen-bond donors (Lipinski definition) is 0. The van der Waals surface area contributed by atoms with Gasteiger partial charge in [-0.25, -0.2) is 0 Å². The zero-order valence-electron chi connectivity index (χ0n) is 20.0. The summed E-state index contributed by atoms with van der Waals surface area (Å²) in [5.41, 5.74) is 0. The Morgan fingerprint density at radius 2 is 0.963 bits per heavy atom. The maximum atomic E-state index is 5.98. The average molecular weight is 385 g/mol. The van der Waals surface area contributed by atoms with Crippen LogP contribution in [-0.2, 0) is 14.2 Å². The van der Waals surface area contributed by atoms with E-state index in [-0.39, 0.29) is 12.2 Å². The van der Waals surface area contributed by atoms with Crippen LogP contribution in [0.4, 0.5) is 0 Å². The summed E-state index contributed by atoms with van der Waals surface area (Å²) in [7, 11) is 5.53. The van der Waals surface area contributed by atoms with E-state index >= 15 is 0 Å². The van der Waals surface area contributed by atoms with Gasteiger partial charge in [0.15, 0.2) is 0 Å². The molecule has 0 rings (SSSR count). The van der Waals surface area contributed by atoms with Crippen LogP contribution >= 0.6 is 0 Å². The van der Waals surface area contributed by atoms with Crippen molar-refractivity contribution in [3.8, 4) is 0 Å². The van der Waals surface area contributed by atoms with Crippen LogP contribution in [0.1, 0.15) is 68.2 Å². The van der Waals surface area contributed by atoms with E-state index in [0.717, 1.165) is 12.8 Å². The van der Waals surface area contributed by atoms with E-state index in [1.165, 1.54) is 0 Å². The number of methoxy groups -OCH3 is 3. The number of allylic oxidation sites excluding steroid dienone is 1. The second-order valence-electron chi connectivity index (χ2n) is 9.11. The molecule has 0 radical (unpaired) electrons. The van der Waals surface area contributed by atoms with Gasteiger partial charge in [0.05, 0.1) is 18.3 Å². The van der Waals surface area contributed by atoms with E-state index in [2.05, 4.69) is 67.5 Å². The summed E-state index contributed by atoms with van der Waals surface area (Å²) in [4.78, 5) is 0. The lowest BCUT2D eigenvalue weighted by molar-refractivity contribution is -0.0323. The highest BCUT2D eigenvalue weighted by atomic mass is 16.5. The highest BCUT2D eigenvalue weighted by Crippen LogP contribution is 2.32. The van der Waals surface area contributed by atoms with Gasteiger partial charge in [0, 0.05) is 27.2 Å². The van der Waals surface area contributed by atoms with Gasteiger partial charge in [-0.1, -0.05) is 60.6 Å². The van der Waals surface area contributed by atoms with E-state index in [9.17, 15) is 0 Å². The molecule has 0 aromatic rings. The summed E-state index contributed by atoms with van der Waals surface area (Å²) in [5, 5.41) is 0. The van der Waals surface area contributed by atoms with E-state index in [1.807, 2.05) is 21.3 Å². The van der Waals surface area contributed by atoms with Crippen molar-refractivity contribution in [2.75, 3.05) is 21.3 Å². The molecule has 162 valence electrons. The van der Waals surface area contributed by atoms with Gasteiger partial charge in [0.25, 0.3) is 0 Å². The molecule has 0 heterocycles. The molecule has 0 saturated carbocycles. The van der Waals surface area contributed by atoms with Crippen molar-refractivity contribution in [2.24, 2.45) is 35.5 Å². The first-order chi connectivity index (χ1) is 12.6. The molecule has 0 spiro atoms. The maximum absolute atomic E-state index is 5.98. The fourth-order valence-corrected chi connectivity index (χ4v) is 5.27. The third kappa shape index (κ3) is 8.66. The van der Waals surface area contributed by atoms with Crippen molar-refractivity contribution in [2.45, 2.75) is 86.5 Å². The zero-order chi connectivity index (χ0) is 21.1. The Morgan fingerprint density at radius 3 is 1.30 bits per heavy atom. The molecule has 0 aliphatic rings. The van der Waals surface area contributed by atoms with Crippen molar-refractivity contribution in [3.05, 3.63) is 12.2 Å².